The largest absolute Gasteiger partial charge is 0.0854 e. The van der Waals surface area contributed by atoms with Crippen LogP contribution in [0.25, 0.3) is 0 Å². The predicted octanol–water partition coefficient (Wildman–Crippen LogP) is 9.79. The molecule has 184 valence electrons. The average molecular weight is 441 g/mol. The highest BCUT2D eigenvalue weighted by molar-refractivity contribution is 5.36. The summed E-state index contributed by atoms with van der Waals surface area (Å²) >= 11 is 0. The second-order valence-electron chi connectivity index (χ2n) is 14.3. The fraction of sp³-hybridized carbons (Fsp3) is 0.938. The fourth-order valence-electron chi connectivity index (χ4n) is 8.93. The van der Waals surface area contributed by atoms with Gasteiger partial charge < -0.3 is 0 Å². The van der Waals surface area contributed by atoms with Crippen molar-refractivity contribution in [2.24, 2.45) is 70.0 Å². The van der Waals surface area contributed by atoms with Crippen molar-refractivity contribution in [2.75, 3.05) is 0 Å². The van der Waals surface area contributed by atoms with E-state index in [1.807, 2.05) is 0 Å². The third-order valence-corrected chi connectivity index (χ3v) is 11.7. The minimum atomic E-state index is 0.773. The second kappa shape index (κ2) is 9.41. The standard InChI is InChI=1S/C32H56/c1-9-26(15-13-24(6)25(7)32-20-31(8)29(32)19-30(31)32)14-12-23(5)17-28-18-27(28)16-22(4)11-10-21(2)3/h12,14,21-30H,9-11,13,15-20H2,1-8H3. The van der Waals surface area contributed by atoms with Gasteiger partial charge in [-0.15, -0.1) is 0 Å². The van der Waals surface area contributed by atoms with Crippen molar-refractivity contribution in [1.82, 2.24) is 0 Å². The fourth-order valence-corrected chi connectivity index (χ4v) is 8.93. The van der Waals surface area contributed by atoms with Crippen LogP contribution in [0.4, 0.5) is 0 Å². The molecule has 0 aliphatic heterocycles. The van der Waals surface area contributed by atoms with Crippen molar-refractivity contribution >= 4 is 0 Å². The zero-order valence-electron chi connectivity index (χ0n) is 23.0. The van der Waals surface area contributed by atoms with Crippen LogP contribution in [-0.4, -0.2) is 0 Å². The Balaban J connectivity index is 1.12. The van der Waals surface area contributed by atoms with Gasteiger partial charge in [-0.05, 0) is 121 Å². The minimum Gasteiger partial charge on any atom is -0.0854 e. The molecule has 4 bridgehead atoms. The SMILES string of the molecule is CCC(C=CC(C)CC1CC1CC(C)CCC(C)C)CCC(C)C(C)C12CC3(C)C1CC32. The molecule has 0 heteroatoms. The van der Waals surface area contributed by atoms with Gasteiger partial charge >= 0.3 is 0 Å². The van der Waals surface area contributed by atoms with Gasteiger partial charge in [-0.2, -0.15) is 0 Å². The van der Waals surface area contributed by atoms with Gasteiger partial charge in [0.05, 0.1) is 0 Å². The van der Waals surface area contributed by atoms with E-state index in [2.05, 4.69) is 67.5 Å². The van der Waals surface area contributed by atoms with Crippen molar-refractivity contribution in [3.8, 4) is 0 Å². The summed E-state index contributed by atoms with van der Waals surface area (Å²) in [5.74, 6) is 9.56. The first-order valence-corrected chi connectivity index (χ1v) is 14.8. The highest BCUT2D eigenvalue weighted by Gasteiger charge is 2.88. The maximum Gasteiger partial charge on any atom is -0.0197 e. The normalized spacial score (nSPS) is 41.4. The van der Waals surface area contributed by atoms with Gasteiger partial charge in [0.2, 0.25) is 0 Å². The topological polar surface area (TPSA) is 0 Å². The molecule has 0 radical (unpaired) electrons. The van der Waals surface area contributed by atoms with E-state index >= 15 is 0 Å². The van der Waals surface area contributed by atoms with Gasteiger partial charge in [-0.3, -0.25) is 0 Å². The molecule has 0 aromatic heterocycles. The summed E-state index contributed by atoms with van der Waals surface area (Å²) in [5, 5.41) is 0. The molecule has 6 rings (SSSR count). The summed E-state index contributed by atoms with van der Waals surface area (Å²) in [6.45, 7) is 19.8. The Morgan fingerprint density at radius 1 is 0.812 bits per heavy atom. The van der Waals surface area contributed by atoms with Crippen LogP contribution in [-0.2, 0) is 0 Å². The molecule has 0 heterocycles. The van der Waals surface area contributed by atoms with Crippen molar-refractivity contribution < 1.29 is 0 Å². The van der Waals surface area contributed by atoms with Crippen molar-refractivity contribution in [1.29, 1.82) is 0 Å². The van der Waals surface area contributed by atoms with E-state index in [9.17, 15) is 0 Å². The Labute approximate surface area is 201 Å². The molecule has 0 amide bonds. The van der Waals surface area contributed by atoms with E-state index in [1.165, 1.54) is 51.4 Å². The second-order valence-corrected chi connectivity index (χ2v) is 14.3. The van der Waals surface area contributed by atoms with Crippen LogP contribution in [0.3, 0.4) is 0 Å². The third kappa shape index (κ3) is 4.40. The van der Waals surface area contributed by atoms with Gasteiger partial charge in [0.25, 0.3) is 0 Å². The van der Waals surface area contributed by atoms with Gasteiger partial charge in [-0.1, -0.05) is 80.4 Å². The molecule has 9 atom stereocenters. The average Bonchev–Trinajstić information content (AvgIpc) is 3.45. The summed E-state index contributed by atoms with van der Waals surface area (Å²) in [7, 11) is 0. The van der Waals surface area contributed by atoms with Gasteiger partial charge in [-0.25, -0.2) is 0 Å². The molecule has 0 spiro atoms. The molecule has 9 unspecified atom stereocenters. The van der Waals surface area contributed by atoms with Crippen molar-refractivity contribution in [2.45, 2.75) is 120 Å². The van der Waals surface area contributed by atoms with Crippen molar-refractivity contribution in [3.05, 3.63) is 12.2 Å². The lowest BCUT2D eigenvalue weighted by Crippen LogP contribution is -2.87. The van der Waals surface area contributed by atoms with Gasteiger partial charge in [0, 0.05) is 0 Å². The maximum atomic E-state index is 2.62. The lowest BCUT2D eigenvalue weighted by atomic mass is 9.11. The maximum absolute atomic E-state index is 2.62. The summed E-state index contributed by atoms with van der Waals surface area (Å²) in [4.78, 5) is 0. The first kappa shape index (κ1) is 24.9. The summed E-state index contributed by atoms with van der Waals surface area (Å²) in [5.41, 5.74) is 1.62. The lowest BCUT2D eigenvalue weighted by molar-refractivity contribution is -0.456. The first-order chi connectivity index (χ1) is 15.1. The molecule has 0 aromatic carbocycles. The highest BCUT2D eigenvalue weighted by atomic mass is 14.9. The van der Waals surface area contributed by atoms with E-state index in [0.717, 1.165) is 70.0 Å². The van der Waals surface area contributed by atoms with Crippen LogP contribution in [0.5, 0.6) is 0 Å². The summed E-state index contributed by atoms with van der Waals surface area (Å²) < 4.78 is 0. The van der Waals surface area contributed by atoms with Crippen LogP contribution in [0, 0.1) is 70.0 Å². The quantitative estimate of drug-likeness (QED) is 0.222. The number of hydrogen-bond acceptors (Lipinski definition) is 0. The zero-order valence-corrected chi connectivity index (χ0v) is 23.0. The molecule has 32 heavy (non-hydrogen) atoms. The number of rotatable bonds is 15. The molecular formula is C32H56. The Hall–Kier alpha value is -0.260. The monoisotopic (exact) mass is 440 g/mol. The highest BCUT2D eigenvalue weighted by Crippen LogP contribution is 2.94. The zero-order chi connectivity index (χ0) is 23.3. The Morgan fingerprint density at radius 3 is 2.06 bits per heavy atom. The lowest BCUT2D eigenvalue weighted by Gasteiger charge is -2.93. The van der Waals surface area contributed by atoms with Gasteiger partial charge in [0.1, 0.15) is 0 Å². The Kier molecular flexibility index (Phi) is 7.31. The van der Waals surface area contributed by atoms with Crippen LogP contribution in [0.15, 0.2) is 12.2 Å². The van der Waals surface area contributed by atoms with E-state index in [4.69, 9.17) is 0 Å². The predicted molar refractivity (Wildman–Crippen MR) is 140 cm³/mol. The molecule has 6 saturated carbocycles. The molecule has 0 N–H and O–H groups in total. The third-order valence-electron chi connectivity index (χ3n) is 11.7. The van der Waals surface area contributed by atoms with Gasteiger partial charge in [0.15, 0.2) is 0 Å². The Bertz CT molecular complexity index is 645. The van der Waals surface area contributed by atoms with Crippen LogP contribution in [0.2, 0.25) is 0 Å². The van der Waals surface area contributed by atoms with E-state index < -0.39 is 0 Å². The molecular weight excluding hydrogens is 384 g/mol. The molecule has 6 fully saturated rings. The minimum absolute atomic E-state index is 0.773. The molecule has 0 saturated heterocycles. The van der Waals surface area contributed by atoms with Crippen LogP contribution >= 0.6 is 0 Å². The van der Waals surface area contributed by atoms with Crippen molar-refractivity contribution in [3.63, 3.8) is 0 Å². The van der Waals surface area contributed by atoms with E-state index in [1.54, 1.807) is 12.8 Å². The summed E-state index contributed by atoms with van der Waals surface area (Å²) in [6.07, 6.45) is 19.8. The molecule has 6 aliphatic rings. The smallest absolute Gasteiger partial charge is 0.0197 e. The Morgan fingerprint density at radius 2 is 1.50 bits per heavy atom. The first-order valence-electron chi connectivity index (χ1n) is 14.8. The molecule has 0 nitrogen and oxygen atoms in total. The van der Waals surface area contributed by atoms with Crippen LogP contribution in [0.1, 0.15) is 120 Å². The van der Waals surface area contributed by atoms with Crippen LogP contribution < -0.4 is 0 Å². The molecule has 6 aliphatic carbocycles. The van der Waals surface area contributed by atoms with E-state index in [0.29, 0.717) is 0 Å². The molecule has 0 aromatic rings. The number of allylic oxidation sites excluding steroid dienone is 2. The van der Waals surface area contributed by atoms with E-state index in [-0.39, 0.29) is 0 Å². The summed E-state index contributed by atoms with van der Waals surface area (Å²) in [6, 6.07) is 0. The number of hydrogen-bond donors (Lipinski definition) is 0.